The molecule has 0 bridgehead atoms. The number of nitrogens with zero attached hydrogens (tertiary/aromatic N) is 1. The molecule has 1 N–H and O–H groups in total. The lowest BCUT2D eigenvalue weighted by Crippen LogP contribution is -2.34. The Hall–Kier alpha value is -2.44. The topological polar surface area (TPSA) is 98.5 Å². The quantitative estimate of drug-likeness (QED) is 0.106. The largest absolute Gasteiger partial charge is 0.469 e. The zero-order valence-electron chi connectivity index (χ0n) is 20.5. The molecule has 0 aliphatic rings. The predicted octanol–water partition coefficient (Wildman–Crippen LogP) is 6.74. The van der Waals surface area contributed by atoms with Crippen LogP contribution in [0, 0.1) is 10.1 Å². The third-order valence-electron chi connectivity index (χ3n) is 5.99. The number of amides is 1. The van der Waals surface area contributed by atoms with E-state index in [1.807, 2.05) is 0 Å². The van der Waals surface area contributed by atoms with Crippen LogP contribution in [0.4, 0.5) is 5.69 Å². The van der Waals surface area contributed by atoms with Crippen LogP contribution in [-0.2, 0) is 9.53 Å². The zero-order chi connectivity index (χ0) is 24.3. The highest BCUT2D eigenvalue weighted by Gasteiger charge is 2.15. The molecule has 1 unspecified atom stereocenters. The summed E-state index contributed by atoms with van der Waals surface area (Å²) in [6, 6.07) is 5.88. The number of methoxy groups -OCH3 is 1. The highest BCUT2D eigenvalue weighted by Crippen LogP contribution is 2.17. The summed E-state index contributed by atoms with van der Waals surface area (Å²) in [6.07, 6.45) is 16.0. The maximum absolute atomic E-state index is 12.7. The van der Waals surface area contributed by atoms with Crippen molar-refractivity contribution in [3.05, 3.63) is 39.9 Å². The van der Waals surface area contributed by atoms with Gasteiger partial charge in [0, 0.05) is 30.2 Å². The first kappa shape index (κ1) is 28.6. The van der Waals surface area contributed by atoms with E-state index in [1.165, 1.54) is 69.9 Å². The molecular weight excluding hydrogens is 420 g/mol. The van der Waals surface area contributed by atoms with E-state index in [0.717, 1.165) is 51.4 Å². The Balaban J connectivity index is 2.44. The van der Waals surface area contributed by atoms with E-state index in [-0.39, 0.29) is 23.6 Å². The summed E-state index contributed by atoms with van der Waals surface area (Å²) in [7, 11) is 1.42. The third-order valence-corrected chi connectivity index (χ3v) is 5.99. The Morgan fingerprint density at radius 1 is 0.879 bits per heavy atom. The Morgan fingerprint density at radius 3 is 1.91 bits per heavy atom. The Morgan fingerprint density at radius 2 is 1.39 bits per heavy atom. The molecule has 1 aromatic rings. The van der Waals surface area contributed by atoms with E-state index in [4.69, 9.17) is 0 Å². The standard InChI is InChI=1S/C26H42N2O5/c1-3-4-5-6-7-9-12-15-23(16-13-10-8-11-14-17-25(29)33-2)27-26(30)22-18-20-24(21-19-22)28(31)32/h18-21,23H,3-17H2,1-2H3,(H,27,30). The maximum atomic E-state index is 12.7. The van der Waals surface area contributed by atoms with Crippen molar-refractivity contribution in [1.82, 2.24) is 5.32 Å². The first-order valence-corrected chi connectivity index (χ1v) is 12.6. The minimum absolute atomic E-state index is 0.0154. The molecule has 7 heteroatoms. The average Bonchev–Trinajstić information content (AvgIpc) is 2.82. The molecule has 0 heterocycles. The van der Waals surface area contributed by atoms with Crippen LogP contribution >= 0.6 is 0 Å². The van der Waals surface area contributed by atoms with Crippen LogP contribution in [0.15, 0.2) is 24.3 Å². The summed E-state index contributed by atoms with van der Waals surface area (Å²) in [5.41, 5.74) is 0.436. The molecule has 0 aliphatic heterocycles. The number of hydrogen-bond acceptors (Lipinski definition) is 5. The fourth-order valence-electron chi connectivity index (χ4n) is 3.93. The molecule has 0 saturated heterocycles. The van der Waals surface area contributed by atoms with Gasteiger partial charge >= 0.3 is 5.97 Å². The summed E-state index contributed by atoms with van der Waals surface area (Å²) in [6.45, 7) is 2.22. The van der Waals surface area contributed by atoms with E-state index in [9.17, 15) is 19.7 Å². The third kappa shape index (κ3) is 13.6. The Labute approximate surface area is 198 Å². The van der Waals surface area contributed by atoms with Crippen LogP contribution in [0.25, 0.3) is 0 Å². The minimum atomic E-state index is -0.462. The highest BCUT2D eigenvalue weighted by molar-refractivity contribution is 5.94. The number of esters is 1. The molecular formula is C26H42N2O5. The van der Waals surface area contributed by atoms with Gasteiger partial charge in [-0.1, -0.05) is 77.6 Å². The van der Waals surface area contributed by atoms with Gasteiger partial charge in [-0.05, 0) is 31.4 Å². The first-order chi connectivity index (χ1) is 16.0. The van der Waals surface area contributed by atoms with Gasteiger partial charge in [0.05, 0.1) is 12.0 Å². The van der Waals surface area contributed by atoms with Gasteiger partial charge in [0.1, 0.15) is 0 Å². The van der Waals surface area contributed by atoms with Crippen LogP contribution < -0.4 is 5.32 Å². The zero-order valence-corrected chi connectivity index (χ0v) is 20.5. The molecule has 1 rings (SSSR count). The number of carbonyl (C=O) groups excluding carboxylic acids is 2. The predicted molar refractivity (Wildman–Crippen MR) is 131 cm³/mol. The van der Waals surface area contributed by atoms with Crippen molar-refractivity contribution in [2.75, 3.05) is 7.11 Å². The Kier molecular flexibility index (Phi) is 15.6. The summed E-state index contributed by atoms with van der Waals surface area (Å²) in [5, 5.41) is 14.0. The van der Waals surface area contributed by atoms with Crippen molar-refractivity contribution < 1.29 is 19.2 Å². The summed E-state index contributed by atoms with van der Waals surface area (Å²) in [5.74, 6) is -0.324. The fourth-order valence-corrected chi connectivity index (χ4v) is 3.93. The molecule has 7 nitrogen and oxygen atoms in total. The van der Waals surface area contributed by atoms with Crippen LogP contribution in [-0.4, -0.2) is 30.0 Å². The van der Waals surface area contributed by atoms with Crippen molar-refractivity contribution in [1.29, 1.82) is 0 Å². The SMILES string of the molecule is CCCCCCCCCC(CCCCCCCC(=O)OC)NC(=O)c1ccc([N+](=O)[O-])cc1. The molecule has 0 aliphatic carbocycles. The second kappa shape index (κ2) is 18.0. The van der Waals surface area contributed by atoms with Crippen LogP contribution in [0.5, 0.6) is 0 Å². The van der Waals surface area contributed by atoms with Crippen molar-refractivity contribution >= 4 is 17.6 Å². The monoisotopic (exact) mass is 462 g/mol. The average molecular weight is 463 g/mol. The summed E-state index contributed by atoms with van der Waals surface area (Å²) in [4.78, 5) is 34.2. The molecule has 186 valence electrons. The minimum Gasteiger partial charge on any atom is -0.469 e. The summed E-state index contributed by atoms with van der Waals surface area (Å²) < 4.78 is 4.66. The normalized spacial score (nSPS) is 11.7. The van der Waals surface area contributed by atoms with Gasteiger partial charge in [-0.25, -0.2) is 0 Å². The second-order valence-corrected chi connectivity index (χ2v) is 8.77. The number of non-ortho nitro benzene ring substituents is 1. The van der Waals surface area contributed by atoms with E-state index < -0.39 is 4.92 Å². The smallest absolute Gasteiger partial charge is 0.305 e. The van der Waals surface area contributed by atoms with E-state index in [2.05, 4.69) is 17.0 Å². The molecule has 1 amide bonds. The van der Waals surface area contributed by atoms with Gasteiger partial charge < -0.3 is 10.1 Å². The number of nitro benzene ring substituents is 1. The van der Waals surface area contributed by atoms with Crippen molar-refractivity contribution in [2.45, 2.75) is 109 Å². The molecule has 1 atom stereocenters. The molecule has 0 fully saturated rings. The van der Waals surface area contributed by atoms with Crippen molar-refractivity contribution in [3.8, 4) is 0 Å². The lowest BCUT2D eigenvalue weighted by Gasteiger charge is -2.19. The molecule has 0 saturated carbocycles. The van der Waals surface area contributed by atoms with Crippen molar-refractivity contribution in [3.63, 3.8) is 0 Å². The molecule has 1 aromatic carbocycles. The number of hydrogen-bond donors (Lipinski definition) is 1. The van der Waals surface area contributed by atoms with Gasteiger partial charge in [-0.2, -0.15) is 0 Å². The van der Waals surface area contributed by atoms with E-state index in [0.29, 0.717) is 12.0 Å². The number of ether oxygens (including phenoxy) is 1. The highest BCUT2D eigenvalue weighted by atomic mass is 16.6. The number of nitrogens with one attached hydrogen (secondary N) is 1. The van der Waals surface area contributed by atoms with Crippen molar-refractivity contribution in [2.24, 2.45) is 0 Å². The van der Waals surface area contributed by atoms with Gasteiger partial charge in [0.25, 0.3) is 11.6 Å². The molecule has 0 aromatic heterocycles. The molecule has 0 radical (unpaired) electrons. The van der Waals surface area contributed by atoms with Gasteiger partial charge in [0.2, 0.25) is 0 Å². The fraction of sp³-hybridized carbons (Fsp3) is 0.692. The number of rotatable bonds is 19. The van der Waals surface area contributed by atoms with Gasteiger partial charge in [0.15, 0.2) is 0 Å². The lowest BCUT2D eigenvalue weighted by molar-refractivity contribution is -0.384. The number of unbranched alkanes of at least 4 members (excludes halogenated alkanes) is 10. The number of nitro groups is 1. The lowest BCUT2D eigenvalue weighted by atomic mass is 9.99. The Bertz CT molecular complexity index is 690. The van der Waals surface area contributed by atoms with E-state index in [1.54, 1.807) is 0 Å². The van der Waals surface area contributed by atoms with Crippen LogP contribution in [0.1, 0.15) is 114 Å². The van der Waals surface area contributed by atoms with Crippen LogP contribution in [0.2, 0.25) is 0 Å². The van der Waals surface area contributed by atoms with E-state index >= 15 is 0 Å². The molecule has 0 spiro atoms. The summed E-state index contributed by atoms with van der Waals surface area (Å²) >= 11 is 0. The number of benzene rings is 1. The second-order valence-electron chi connectivity index (χ2n) is 8.77. The van der Waals surface area contributed by atoms with Gasteiger partial charge in [-0.15, -0.1) is 0 Å². The number of carbonyl (C=O) groups is 2. The first-order valence-electron chi connectivity index (χ1n) is 12.6. The van der Waals surface area contributed by atoms with Gasteiger partial charge in [-0.3, -0.25) is 19.7 Å². The maximum Gasteiger partial charge on any atom is 0.305 e. The molecule has 33 heavy (non-hydrogen) atoms. The van der Waals surface area contributed by atoms with Crippen LogP contribution in [0.3, 0.4) is 0 Å².